The van der Waals surface area contributed by atoms with E-state index in [9.17, 15) is 13.6 Å². The second-order valence-corrected chi connectivity index (χ2v) is 5.28. The fourth-order valence-corrected chi connectivity index (χ4v) is 2.57. The van der Waals surface area contributed by atoms with Gasteiger partial charge in [-0.05, 0) is 60.4 Å². The summed E-state index contributed by atoms with van der Waals surface area (Å²) in [5.74, 6) is -0.695. The van der Waals surface area contributed by atoms with Gasteiger partial charge in [0, 0.05) is 11.1 Å². The van der Waals surface area contributed by atoms with E-state index in [0.717, 1.165) is 0 Å². The third-order valence-corrected chi connectivity index (χ3v) is 3.63. The van der Waals surface area contributed by atoms with Gasteiger partial charge in [0.05, 0.1) is 0 Å². The summed E-state index contributed by atoms with van der Waals surface area (Å²) >= 11 is 0. The molecule has 0 heterocycles. The Morgan fingerprint density at radius 2 is 1.23 bits per heavy atom. The third kappa shape index (κ3) is 3.19. The van der Waals surface area contributed by atoms with Crippen LogP contribution < -0.4 is 0 Å². The van der Waals surface area contributed by atoms with Gasteiger partial charge in [0.2, 0.25) is 0 Å². The van der Waals surface area contributed by atoms with Gasteiger partial charge < -0.3 is 0 Å². The normalized spacial score (nSPS) is 18.4. The first kappa shape index (κ1) is 14.4. The van der Waals surface area contributed by atoms with E-state index in [0.29, 0.717) is 35.1 Å². The molecule has 110 valence electrons. The Hall–Kier alpha value is -2.55. The van der Waals surface area contributed by atoms with E-state index in [2.05, 4.69) is 0 Å². The summed E-state index contributed by atoms with van der Waals surface area (Å²) in [6.07, 6.45) is 4.68. The van der Waals surface area contributed by atoms with Crippen LogP contribution in [0, 0.1) is 11.6 Å². The molecule has 0 radical (unpaired) electrons. The third-order valence-electron chi connectivity index (χ3n) is 3.63. The molecule has 1 saturated carbocycles. The number of ketones is 1. The maximum Gasteiger partial charge on any atom is 0.185 e. The van der Waals surface area contributed by atoms with Crippen LogP contribution in [-0.4, -0.2) is 5.78 Å². The molecule has 0 bridgehead atoms. The fourth-order valence-electron chi connectivity index (χ4n) is 2.57. The van der Waals surface area contributed by atoms with Crippen LogP contribution in [0.5, 0.6) is 0 Å². The highest BCUT2D eigenvalue weighted by Crippen LogP contribution is 2.29. The van der Waals surface area contributed by atoms with Crippen molar-refractivity contribution in [1.82, 2.24) is 0 Å². The van der Waals surface area contributed by atoms with Crippen molar-refractivity contribution in [3.05, 3.63) is 82.4 Å². The largest absolute Gasteiger partial charge is 0.289 e. The minimum absolute atomic E-state index is 0.0477. The molecule has 22 heavy (non-hydrogen) atoms. The Balaban J connectivity index is 1.86. The topological polar surface area (TPSA) is 17.1 Å². The summed E-state index contributed by atoms with van der Waals surface area (Å²) in [5, 5.41) is 0. The summed E-state index contributed by atoms with van der Waals surface area (Å²) in [5.41, 5.74) is 2.67. The van der Waals surface area contributed by atoms with E-state index in [4.69, 9.17) is 0 Å². The number of hydrogen-bond acceptors (Lipinski definition) is 1. The van der Waals surface area contributed by atoms with Crippen LogP contribution in [0.15, 0.2) is 59.7 Å². The zero-order valence-electron chi connectivity index (χ0n) is 11.9. The van der Waals surface area contributed by atoms with Gasteiger partial charge in [-0.1, -0.05) is 24.3 Å². The molecular formula is C19H14F2O. The average molecular weight is 296 g/mol. The maximum absolute atomic E-state index is 13.2. The molecule has 1 aliphatic rings. The molecule has 2 aromatic carbocycles. The Bertz CT molecular complexity index is 722. The molecule has 0 spiro atoms. The van der Waals surface area contributed by atoms with Gasteiger partial charge in [0.25, 0.3) is 0 Å². The average Bonchev–Trinajstić information content (AvgIpc) is 2.80. The minimum atomic E-state index is -0.324. The van der Waals surface area contributed by atoms with Crippen molar-refractivity contribution >= 4 is 17.9 Å². The van der Waals surface area contributed by atoms with E-state index in [1.165, 1.54) is 24.3 Å². The molecule has 0 saturated heterocycles. The first-order valence-corrected chi connectivity index (χ1v) is 7.09. The minimum Gasteiger partial charge on any atom is -0.289 e. The fraction of sp³-hybridized carbons (Fsp3) is 0.105. The first-order chi connectivity index (χ1) is 10.6. The van der Waals surface area contributed by atoms with Crippen molar-refractivity contribution in [2.75, 3.05) is 0 Å². The molecule has 3 rings (SSSR count). The molecule has 0 N–H and O–H groups in total. The molecule has 0 amide bonds. The number of halogens is 2. The molecule has 3 heteroatoms. The van der Waals surface area contributed by atoms with Gasteiger partial charge in [-0.25, -0.2) is 8.78 Å². The van der Waals surface area contributed by atoms with Gasteiger partial charge in [-0.3, -0.25) is 4.79 Å². The van der Waals surface area contributed by atoms with Gasteiger partial charge in [-0.2, -0.15) is 0 Å². The number of Topliss-reactive ketones (excluding diaryl/α,β-unsaturated/α-hetero) is 1. The highest BCUT2D eigenvalue weighted by atomic mass is 19.1. The number of benzene rings is 2. The van der Waals surface area contributed by atoms with Crippen LogP contribution in [0.25, 0.3) is 12.2 Å². The Morgan fingerprint density at radius 3 is 1.64 bits per heavy atom. The van der Waals surface area contributed by atoms with Crippen LogP contribution in [0.1, 0.15) is 24.0 Å². The van der Waals surface area contributed by atoms with Crippen molar-refractivity contribution in [3.63, 3.8) is 0 Å². The van der Waals surface area contributed by atoms with Crippen molar-refractivity contribution in [2.24, 2.45) is 0 Å². The summed E-state index contributed by atoms with van der Waals surface area (Å²) in [6.45, 7) is 0. The molecule has 2 aromatic rings. The molecule has 1 fully saturated rings. The predicted molar refractivity (Wildman–Crippen MR) is 83.0 cm³/mol. The highest BCUT2D eigenvalue weighted by Gasteiger charge is 2.22. The van der Waals surface area contributed by atoms with Crippen LogP contribution >= 0.6 is 0 Å². The number of hydrogen-bond donors (Lipinski definition) is 0. The second kappa shape index (κ2) is 6.06. The van der Waals surface area contributed by atoms with Crippen molar-refractivity contribution in [3.8, 4) is 0 Å². The molecule has 0 aromatic heterocycles. The van der Waals surface area contributed by atoms with Crippen LogP contribution in [0.2, 0.25) is 0 Å². The molecule has 1 nitrogen and oxygen atoms in total. The van der Waals surface area contributed by atoms with Crippen molar-refractivity contribution in [1.29, 1.82) is 0 Å². The van der Waals surface area contributed by atoms with Crippen LogP contribution in [-0.2, 0) is 4.79 Å². The Morgan fingerprint density at radius 1 is 0.773 bits per heavy atom. The lowest BCUT2D eigenvalue weighted by atomic mass is 10.1. The lowest BCUT2D eigenvalue weighted by molar-refractivity contribution is -0.111. The zero-order chi connectivity index (χ0) is 15.5. The van der Waals surface area contributed by atoms with Crippen molar-refractivity contribution in [2.45, 2.75) is 12.8 Å². The first-order valence-electron chi connectivity index (χ1n) is 7.09. The SMILES string of the molecule is O=C1/C(=C\c2cccc(F)c2)CC/C1=C\c1cccc(F)c1. The Kier molecular flexibility index (Phi) is 3.96. The summed E-state index contributed by atoms with van der Waals surface area (Å²) < 4.78 is 26.4. The quantitative estimate of drug-likeness (QED) is 0.728. The second-order valence-electron chi connectivity index (χ2n) is 5.28. The number of carbonyl (C=O) groups excluding carboxylic acids is 1. The number of rotatable bonds is 2. The number of allylic oxidation sites excluding steroid dienone is 2. The summed E-state index contributed by atoms with van der Waals surface area (Å²) in [4.78, 5) is 12.4. The van der Waals surface area contributed by atoms with Gasteiger partial charge >= 0.3 is 0 Å². The highest BCUT2D eigenvalue weighted by molar-refractivity contribution is 6.15. The van der Waals surface area contributed by atoms with Gasteiger partial charge in [0.1, 0.15) is 11.6 Å². The summed E-state index contributed by atoms with van der Waals surface area (Å²) in [6, 6.07) is 12.3. The molecule has 0 atom stereocenters. The molecular weight excluding hydrogens is 282 g/mol. The summed E-state index contributed by atoms with van der Waals surface area (Å²) in [7, 11) is 0. The standard InChI is InChI=1S/C19H14F2O/c20-17-5-1-3-13(11-17)9-15-7-8-16(19(15)22)10-14-4-2-6-18(21)12-14/h1-6,9-12H,7-8H2/b15-9-,16-10+. The van der Waals surface area contributed by atoms with Gasteiger partial charge in [0.15, 0.2) is 5.78 Å². The van der Waals surface area contributed by atoms with Crippen LogP contribution in [0.3, 0.4) is 0 Å². The lowest BCUT2D eigenvalue weighted by Crippen LogP contribution is -1.95. The van der Waals surface area contributed by atoms with E-state index >= 15 is 0 Å². The zero-order valence-corrected chi connectivity index (χ0v) is 11.9. The van der Waals surface area contributed by atoms with E-state index < -0.39 is 0 Å². The molecule has 0 unspecified atom stereocenters. The monoisotopic (exact) mass is 296 g/mol. The lowest BCUT2D eigenvalue weighted by Gasteiger charge is -1.98. The van der Waals surface area contributed by atoms with E-state index in [1.807, 2.05) is 0 Å². The predicted octanol–water partition coefficient (Wildman–Crippen LogP) is 4.79. The Labute approximate surface area is 127 Å². The van der Waals surface area contributed by atoms with E-state index in [1.54, 1.807) is 36.4 Å². The maximum atomic E-state index is 13.2. The van der Waals surface area contributed by atoms with Gasteiger partial charge in [-0.15, -0.1) is 0 Å². The number of carbonyl (C=O) groups is 1. The van der Waals surface area contributed by atoms with E-state index in [-0.39, 0.29) is 17.4 Å². The van der Waals surface area contributed by atoms with Crippen molar-refractivity contribution < 1.29 is 13.6 Å². The van der Waals surface area contributed by atoms with Crippen LogP contribution in [0.4, 0.5) is 8.78 Å². The smallest absolute Gasteiger partial charge is 0.185 e. The molecule has 0 aliphatic heterocycles. The molecule has 1 aliphatic carbocycles.